The Hall–Kier alpha value is -3.36. The number of hydrogen-bond donors (Lipinski definition) is 1. The van der Waals surface area contributed by atoms with Crippen molar-refractivity contribution >= 4 is 17.6 Å². The van der Waals surface area contributed by atoms with Crippen LogP contribution in [0.4, 0.5) is 19.3 Å². The molecule has 0 bridgehead atoms. The van der Waals surface area contributed by atoms with Crippen LogP contribution in [0.3, 0.4) is 0 Å². The van der Waals surface area contributed by atoms with Gasteiger partial charge in [0.2, 0.25) is 0 Å². The first-order valence-electron chi connectivity index (χ1n) is 7.56. The van der Waals surface area contributed by atoms with E-state index in [0.29, 0.717) is 5.56 Å². The van der Waals surface area contributed by atoms with E-state index in [2.05, 4.69) is 5.32 Å². The van der Waals surface area contributed by atoms with E-state index >= 15 is 0 Å². The van der Waals surface area contributed by atoms with Crippen molar-refractivity contribution in [2.45, 2.75) is 19.0 Å². The molecule has 0 spiro atoms. The van der Waals surface area contributed by atoms with Crippen molar-refractivity contribution in [1.82, 2.24) is 10.2 Å². The third kappa shape index (κ3) is 2.77. The van der Waals surface area contributed by atoms with Crippen LogP contribution < -0.4 is 5.32 Å². The molecular formula is C17H13F2N3O4. The lowest BCUT2D eigenvalue weighted by atomic mass is 9.92. The average Bonchev–Trinajstić information content (AvgIpc) is 2.83. The molecule has 134 valence electrons. The fraction of sp³-hybridized carbons (Fsp3) is 0.176. The number of nitro benzene ring substituents is 1. The van der Waals surface area contributed by atoms with Crippen molar-refractivity contribution in [3.63, 3.8) is 0 Å². The Bertz CT molecular complexity index is 917. The van der Waals surface area contributed by atoms with Crippen LogP contribution in [0.2, 0.25) is 0 Å². The lowest BCUT2D eigenvalue weighted by Crippen LogP contribution is -2.40. The number of carbonyl (C=O) groups excluding carboxylic acids is 2. The quantitative estimate of drug-likeness (QED) is 0.515. The summed E-state index contributed by atoms with van der Waals surface area (Å²) < 4.78 is 27.2. The van der Waals surface area contributed by atoms with Crippen molar-refractivity contribution in [2.24, 2.45) is 0 Å². The van der Waals surface area contributed by atoms with Gasteiger partial charge in [-0.2, -0.15) is 0 Å². The van der Waals surface area contributed by atoms with Crippen molar-refractivity contribution in [1.29, 1.82) is 0 Å². The number of rotatable bonds is 4. The number of nitrogens with zero attached hydrogens (tertiary/aromatic N) is 2. The Morgan fingerprint density at radius 2 is 1.81 bits per heavy atom. The van der Waals surface area contributed by atoms with Crippen LogP contribution in [0.25, 0.3) is 0 Å². The summed E-state index contributed by atoms with van der Waals surface area (Å²) >= 11 is 0. The van der Waals surface area contributed by atoms with Gasteiger partial charge in [-0.1, -0.05) is 12.1 Å². The molecule has 1 N–H and O–H groups in total. The van der Waals surface area contributed by atoms with E-state index < -0.39 is 40.6 Å². The predicted molar refractivity (Wildman–Crippen MR) is 85.9 cm³/mol. The minimum absolute atomic E-state index is 0.138. The highest BCUT2D eigenvalue weighted by atomic mass is 19.2. The highest BCUT2D eigenvalue weighted by Gasteiger charge is 2.49. The Kier molecular flexibility index (Phi) is 4.15. The number of non-ortho nitro benzene ring substituents is 1. The van der Waals surface area contributed by atoms with Gasteiger partial charge in [-0.25, -0.2) is 13.6 Å². The summed E-state index contributed by atoms with van der Waals surface area (Å²) in [5.74, 6) is -2.87. The summed E-state index contributed by atoms with van der Waals surface area (Å²) in [4.78, 5) is 35.9. The number of halogens is 2. The van der Waals surface area contributed by atoms with E-state index in [0.717, 1.165) is 11.0 Å². The number of nitrogens with one attached hydrogen (secondary N) is 1. The van der Waals surface area contributed by atoms with Gasteiger partial charge in [0.15, 0.2) is 11.6 Å². The molecule has 26 heavy (non-hydrogen) atoms. The number of benzene rings is 2. The summed E-state index contributed by atoms with van der Waals surface area (Å²) in [6, 6.07) is 7.89. The second-order valence-corrected chi connectivity index (χ2v) is 5.96. The van der Waals surface area contributed by atoms with Gasteiger partial charge in [-0.15, -0.1) is 0 Å². The van der Waals surface area contributed by atoms with Gasteiger partial charge in [0.25, 0.3) is 11.6 Å². The van der Waals surface area contributed by atoms with Crippen LogP contribution in [-0.2, 0) is 16.9 Å². The molecule has 0 aliphatic carbocycles. The van der Waals surface area contributed by atoms with Crippen LogP contribution in [-0.4, -0.2) is 21.8 Å². The summed E-state index contributed by atoms with van der Waals surface area (Å²) in [5.41, 5.74) is -1.42. The van der Waals surface area contributed by atoms with Crippen molar-refractivity contribution in [2.75, 3.05) is 0 Å². The highest BCUT2D eigenvalue weighted by molar-refractivity contribution is 6.07. The van der Waals surface area contributed by atoms with Crippen LogP contribution in [0.5, 0.6) is 0 Å². The Morgan fingerprint density at radius 3 is 2.42 bits per heavy atom. The summed E-state index contributed by atoms with van der Waals surface area (Å²) in [6.07, 6.45) is 0. The van der Waals surface area contributed by atoms with Gasteiger partial charge >= 0.3 is 6.03 Å². The molecule has 0 aromatic heterocycles. The molecule has 1 aliphatic rings. The molecule has 0 radical (unpaired) electrons. The van der Waals surface area contributed by atoms with Crippen molar-refractivity contribution in [3.8, 4) is 0 Å². The maximum Gasteiger partial charge on any atom is 0.325 e. The molecule has 9 heteroatoms. The van der Waals surface area contributed by atoms with Gasteiger partial charge in [0, 0.05) is 17.7 Å². The molecule has 1 heterocycles. The van der Waals surface area contributed by atoms with Crippen LogP contribution in [0.15, 0.2) is 42.5 Å². The van der Waals surface area contributed by atoms with Gasteiger partial charge in [-0.05, 0) is 30.7 Å². The topological polar surface area (TPSA) is 92.6 Å². The molecule has 2 aromatic rings. The molecular weight excluding hydrogens is 348 g/mol. The monoisotopic (exact) mass is 361 g/mol. The van der Waals surface area contributed by atoms with E-state index in [9.17, 15) is 28.5 Å². The fourth-order valence-electron chi connectivity index (χ4n) is 2.79. The third-order valence-corrected chi connectivity index (χ3v) is 4.29. The molecule has 7 nitrogen and oxygen atoms in total. The lowest BCUT2D eigenvalue weighted by molar-refractivity contribution is -0.384. The van der Waals surface area contributed by atoms with E-state index in [1.165, 1.54) is 43.3 Å². The molecule has 1 aliphatic heterocycles. The molecule has 3 amide bonds. The number of urea groups is 1. The molecule has 1 saturated heterocycles. The van der Waals surface area contributed by atoms with Crippen molar-refractivity contribution in [3.05, 3.63) is 75.3 Å². The number of amides is 3. The molecule has 1 atom stereocenters. The van der Waals surface area contributed by atoms with Gasteiger partial charge in [0.1, 0.15) is 5.54 Å². The first-order chi connectivity index (χ1) is 12.2. The molecule has 0 saturated carbocycles. The first kappa shape index (κ1) is 17.5. The Morgan fingerprint density at radius 1 is 1.15 bits per heavy atom. The standard InChI is InChI=1S/C17H13F2N3O4/c1-17(11-5-7-12(8-6-11)22(25)26)15(23)21(16(24)20-17)9-10-3-2-4-13(18)14(10)19/h2-8H,9H2,1H3,(H,20,24)/t17-/m0/s1. The highest BCUT2D eigenvalue weighted by Crippen LogP contribution is 2.31. The summed E-state index contributed by atoms with van der Waals surface area (Å²) in [7, 11) is 0. The minimum atomic E-state index is -1.46. The fourth-order valence-corrected chi connectivity index (χ4v) is 2.79. The SMILES string of the molecule is C[C@@]1(c2ccc([N+](=O)[O-])cc2)NC(=O)N(Cc2cccc(F)c2F)C1=O. The predicted octanol–water partition coefficient (Wildman–Crippen LogP) is 2.84. The van der Waals surface area contributed by atoms with Crippen LogP contribution in [0, 0.1) is 21.7 Å². The second kappa shape index (κ2) is 6.17. The number of carbonyl (C=O) groups is 2. The molecule has 3 rings (SSSR count). The normalized spacial score (nSPS) is 19.6. The summed E-state index contributed by atoms with van der Waals surface area (Å²) in [5, 5.41) is 13.2. The zero-order valence-corrected chi connectivity index (χ0v) is 13.5. The summed E-state index contributed by atoms with van der Waals surface area (Å²) in [6.45, 7) is 1.01. The lowest BCUT2D eigenvalue weighted by Gasteiger charge is -2.22. The maximum atomic E-state index is 13.8. The van der Waals surface area contributed by atoms with E-state index in [4.69, 9.17) is 0 Å². The minimum Gasteiger partial charge on any atom is -0.319 e. The first-order valence-corrected chi connectivity index (χ1v) is 7.56. The van der Waals surface area contributed by atoms with Crippen LogP contribution in [0.1, 0.15) is 18.1 Å². The number of hydrogen-bond acceptors (Lipinski definition) is 4. The number of nitro groups is 1. The third-order valence-electron chi connectivity index (χ3n) is 4.29. The smallest absolute Gasteiger partial charge is 0.319 e. The van der Waals surface area contributed by atoms with E-state index in [-0.39, 0.29) is 11.3 Å². The molecule has 1 fully saturated rings. The zero-order valence-electron chi connectivity index (χ0n) is 13.5. The van der Waals surface area contributed by atoms with E-state index in [1.54, 1.807) is 0 Å². The Balaban J connectivity index is 1.90. The largest absolute Gasteiger partial charge is 0.325 e. The number of imide groups is 1. The van der Waals surface area contributed by atoms with Crippen molar-refractivity contribution < 1.29 is 23.3 Å². The van der Waals surface area contributed by atoms with Gasteiger partial charge < -0.3 is 5.32 Å². The zero-order chi connectivity index (χ0) is 19.1. The van der Waals surface area contributed by atoms with Gasteiger partial charge in [-0.3, -0.25) is 19.8 Å². The Labute approximate surface area is 146 Å². The second-order valence-electron chi connectivity index (χ2n) is 5.96. The van der Waals surface area contributed by atoms with Crippen LogP contribution >= 0.6 is 0 Å². The van der Waals surface area contributed by atoms with Gasteiger partial charge in [0.05, 0.1) is 11.5 Å². The molecule has 2 aromatic carbocycles. The van der Waals surface area contributed by atoms with E-state index in [1.807, 2.05) is 0 Å². The average molecular weight is 361 g/mol. The maximum absolute atomic E-state index is 13.8. The molecule has 0 unspecified atom stereocenters.